The molecular weight excluding hydrogens is 282 g/mol. The van der Waals surface area contributed by atoms with E-state index in [0.29, 0.717) is 24.7 Å². The third kappa shape index (κ3) is 2.39. The van der Waals surface area contributed by atoms with E-state index in [-0.39, 0.29) is 11.8 Å². The van der Waals surface area contributed by atoms with E-state index in [2.05, 4.69) is 10.1 Å². The molecule has 0 saturated carbocycles. The van der Waals surface area contributed by atoms with Crippen molar-refractivity contribution >= 4 is 11.6 Å². The van der Waals surface area contributed by atoms with Crippen LogP contribution in [0.5, 0.6) is 0 Å². The highest BCUT2D eigenvalue weighted by atomic mass is 16.5. The van der Waals surface area contributed by atoms with Crippen molar-refractivity contribution in [3.63, 3.8) is 0 Å². The molecule has 22 heavy (non-hydrogen) atoms. The maximum atomic E-state index is 11.8. The molecule has 4 rings (SSSR count). The molecule has 2 aliphatic rings. The Morgan fingerprint density at radius 3 is 2.77 bits per heavy atom. The maximum absolute atomic E-state index is 11.8. The third-order valence-electron chi connectivity index (χ3n) is 4.24. The summed E-state index contributed by atoms with van der Waals surface area (Å²) < 4.78 is 10.7. The van der Waals surface area contributed by atoms with Crippen molar-refractivity contribution in [3.05, 3.63) is 30.1 Å². The van der Waals surface area contributed by atoms with Crippen molar-refractivity contribution in [2.24, 2.45) is 0 Å². The van der Waals surface area contributed by atoms with Gasteiger partial charge in [0, 0.05) is 36.7 Å². The Kier molecular flexibility index (Phi) is 3.38. The predicted molar refractivity (Wildman–Crippen MR) is 79.5 cm³/mol. The summed E-state index contributed by atoms with van der Waals surface area (Å²) in [6.45, 7) is 2.21. The lowest BCUT2D eigenvalue weighted by molar-refractivity contribution is -0.117. The van der Waals surface area contributed by atoms with Crippen molar-refractivity contribution < 1.29 is 14.1 Å². The molecule has 2 fully saturated rings. The molecule has 0 bridgehead atoms. The van der Waals surface area contributed by atoms with Crippen LogP contribution in [-0.2, 0) is 9.53 Å². The highest BCUT2D eigenvalue weighted by Gasteiger charge is 2.24. The summed E-state index contributed by atoms with van der Waals surface area (Å²) in [5, 5.41) is 4.06. The zero-order valence-corrected chi connectivity index (χ0v) is 12.2. The number of benzene rings is 1. The Balaban J connectivity index is 1.54. The Morgan fingerprint density at radius 2 is 2.09 bits per heavy atom. The van der Waals surface area contributed by atoms with Gasteiger partial charge in [0.1, 0.15) is 0 Å². The molecule has 1 amide bonds. The monoisotopic (exact) mass is 299 g/mol. The fraction of sp³-hybridized carbons (Fsp3) is 0.438. The summed E-state index contributed by atoms with van der Waals surface area (Å²) in [6.07, 6.45) is 2.50. The van der Waals surface area contributed by atoms with E-state index in [0.717, 1.165) is 37.2 Å². The molecule has 3 heterocycles. The van der Waals surface area contributed by atoms with E-state index in [9.17, 15) is 4.79 Å². The van der Waals surface area contributed by atoms with Crippen LogP contribution in [0.2, 0.25) is 0 Å². The van der Waals surface area contributed by atoms with Gasteiger partial charge in [0.05, 0.1) is 6.61 Å². The van der Waals surface area contributed by atoms with Gasteiger partial charge in [0.15, 0.2) is 5.82 Å². The standard InChI is InChI=1S/C16H17N3O3/c20-14-2-1-8-19(14)13-5-3-11(4-6-13)16-17-15(18-22-16)12-7-9-21-10-12/h3-6,12H,1-2,7-10H2/t12-/m1/s1. The SMILES string of the molecule is O=C1CCCN1c1ccc(-c2nc([C@@H]3CCOC3)no2)cc1. The predicted octanol–water partition coefficient (Wildman–Crippen LogP) is 2.37. The lowest BCUT2D eigenvalue weighted by Gasteiger charge is -2.15. The van der Waals surface area contributed by atoms with E-state index < -0.39 is 0 Å². The number of carbonyl (C=O) groups excluding carboxylic acids is 1. The molecule has 114 valence electrons. The number of aromatic nitrogens is 2. The molecule has 2 saturated heterocycles. The van der Waals surface area contributed by atoms with Crippen LogP contribution in [0.1, 0.15) is 31.0 Å². The Hall–Kier alpha value is -2.21. The molecule has 6 nitrogen and oxygen atoms in total. The molecule has 2 aromatic rings. The lowest BCUT2D eigenvalue weighted by atomic mass is 10.1. The van der Waals surface area contributed by atoms with E-state index in [1.54, 1.807) is 0 Å². The van der Waals surface area contributed by atoms with Gasteiger partial charge in [-0.3, -0.25) is 4.79 Å². The zero-order valence-electron chi connectivity index (χ0n) is 12.2. The summed E-state index contributed by atoms with van der Waals surface area (Å²) in [5.41, 5.74) is 1.79. The summed E-state index contributed by atoms with van der Waals surface area (Å²) in [7, 11) is 0. The van der Waals surface area contributed by atoms with Gasteiger partial charge in [0.2, 0.25) is 5.91 Å². The van der Waals surface area contributed by atoms with Crippen LogP contribution in [0.15, 0.2) is 28.8 Å². The topological polar surface area (TPSA) is 68.5 Å². The fourth-order valence-corrected chi connectivity index (χ4v) is 2.96. The summed E-state index contributed by atoms with van der Waals surface area (Å²) in [4.78, 5) is 18.0. The van der Waals surface area contributed by atoms with Crippen LogP contribution in [0.25, 0.3) is 11.5 Å². The van der Waals surface area contributed by atoms with E-state index in [1.807, 2.05) is 29.2 Å². The van der Waals surface area contributed by atoms with Gasteiger partial charge in [0.25, 0.3) is 5.89 Å². The quantitative estimate of drug-likeness (QED) is 0.870. The lowest BCUT2D eigenvalue weighted by Crippen LogP contribution is -2.23. The molecule has 1 atom stereocenters. The molecule has 0 radical (unpaired) electrons. The molecular formula is C16H17N3O3. The second kappa shape index (κ2) is 5.53. The van der Waals surface area contributed by atoms with Crippen LogP contribution in [0.4, 0.5) is 5.69 Å². The molecule has 0 unspecified atom stereocenters. The van der Waals surface area contributed by atoms with Gasteiger partial charge in [-0.15, -0.1) is 0 Å². The number of hydrogen-bond acceptors (Lipinski definition) is 5. The Morgan fingerprint density at radius 1 is 1.23 bits per heavy atom. The Labute approximate surface area is 128 Å². The first-order chi connectivity index (χ1) is 10.8. The number of amides is 1. The van der Waals surface area contributed by atoms with E-state index >= 15 is 0 Å². The van der Waals surface area contributed by atoms with Crippen molar-refractivity contribution in [1.82, 2.24) is 10.1 Å². The largest absolute Gasteiger partial charge is 0.381 e. The summed E-state index contributed by atoms with van der Waals surface area (Å²) in [5.74, 6) is 1.65. The normalized spacial score (nSPS) is 21.7. The van der Waals surface area contributed by atoms with Crippen molar-refractivity contribution in [1.29, 1.82) is 0 Å². The Bertz CT molecular complexity index is 674. The average molecular weight is 299 g/mol. The zero-order chi connectivity index (χ0) is 14.9. The van der Waals surface area contributed by atoms with Crippen LogP contribution >= 0.6 is 0 Å². The summed E-state index contributed by atoms with van der Waals surface area (Å²) in [6, 6.07) is 7.70. The first-order valence-electron chi connectivity index (χ1n) is 7.63. The fourth-order valence-electron chi connectivity index (χ4n) is 2.96. The van der Waals surface area contributed by atoms with E-state index in [1.165, 1.54) is 0 Å². The molecule has 1 aromatic heterocycles. The minimum Gasteiger partial charge on any atom is -0.381 e. The first kappa shape index (κ1) is 13.5. The molecule has 1 aromatic carbocycles. The highest BCUT2D eigenvalue weighted by Crippen LogP contribution is 2.28. The minimum atomic E-state index is 0.189. The second-order valence-electron chi connectivity index (χ2n) is 5.71. The van der Waals surface area contributed by atoms with Crippen LogP contribution in [0.3, 0.4) is 0 Å². The van der Waals surface area contributed by atoms with Crippen LogP contribution < -0.4 is 4.90 Å². The molecule has 6 heteroatoms. The first-order valence-corrected chi connectivity index (χ1v) is 7.63. The highest BCUT2D eigenvalue weighted by molar-refractivity contribution is 5.95. The van der Waals surface area contributed by atoms with Gasteiger partial charge >= 0.3 is 0 Å². The van der Waals surface area contributed by atoms with Gasteiger partial charge in [-0.2, -0.15) is 4.98 Å². The van der Waals surface area contributed by atoms with Gasteiger partial charge in [-0.25, -0.2) is 0 Å². The van der Waals surface area contributed by atoms with Crippen LogP contribution in [0, 0.1) is 0 Å². The maximum Gasteiger partial charge on any atom is 0.257 e. The average Bonchev–Trinajstić information content (AvgIpc) is 3.28. The van der Waals surface area contributed by atoms with Crippen molar-refractivity contribution in [3.8, 4) is 11.5 Å². The molecule has 0 aliphatic carbocycles. The summed E-state index contributed by atoms with van der Waals surface area (Å²) >= 11 is 0. The molecule has 2 aliphatic heterocycles. The van der Waals surface area contributed by atoms with Gasteiger partial charge in [-0.1, -0.05) is 5.16 Å². The van der Waals surface area contributed by atoms with Crippen LogP contribution in [-0.4, -0.2) is 35.8 Å². The number of nitrogens with zero attached hydrogens (tertiary/aromatic N) is 3. The third-order valence-corrected chi connectivity index (χ3v) is 4.24. The van der Waals surface area contributed by atoms with Crippen molar-refractivity contribution in [2.75, 3.05) is 24.7 Å². The number of carbonyl (C=O) groups is 1. The number of rotatable bonds is 3. The number of anilines is 1. The van der Waals surface area contributed by atoms with Gasteiger partial charge in [-0.05, 0) is 37.1 Å². The second-order valence-corrected chi connectivity index (χ2v) is 5.71. The molecule has 0 spiro atoms. The van der Waals surface area contributed by atoms with Crippen molar-refractivity contribution in [2.45, 2.75) is 25.2 Å². The number of hydrogen-bond donors (Lipinski definition) is 0. The smallest absolute Gasteiger partial charge is 0.257 e. The minimum absolute atomic E-state index is 0.189. The number of ether oxygens (including phenoxy) is 1. The molecule has 0 N–H and O–H groups in total. The van der Waals surface area contributed by atoms with Gasteiger partial charge < -0.3 is 14.2 Å². The van der Waals surface area contributed by atoms with E-state index in [4.69, 9.17) is 9.26 Å².